The third-order valence-corrected chi connectivity index (χ3v) is 3.50. The van der Waals surface area contributed by atoms with Gasteiger partial charge in [0.2, 0.25) is 0 Å². The van der Waals surface area contributed by atoms with Gasteiger partial charge >= 0.3 is 6.03 Å². The molecule has 2 rings (SSSR count). The van der Waals surface area contributed by atoms with E-state index >= 15 is 0 Å². The fourth-order valence-corrected chi connectivity index (χ4v) is 2.27. The number of carbonyl (C=O) groups is 1. The number of hydrogen-bond acceptors (Lipinski definition) is 2. The molecule has 4 nitrogen and oxygen atoms in total. The Labute approximate surface area is 117 Å². The van der Waals surface area contributed by atoms with Crippen LogP contribution in [0.4, 0.5) is 9.18 Å². The highest BCUT2D eigenvalue weighted by atomic mass is 19.1. The van der Waals surface area contributed by atoms with Crippen molar-refractivity contribution < 1.29 is 14.3 Å². The molecule has 1 fully saturated rings. The molecule has 3 N–H and O–H groups in total. The van der Waals surface area contributed by atoms with Crippen LogP contribution >= 0.6 is 0 Å². The molecule has 1 aromatic rings. The van der Waals surface area contributed by atoms with Gasteiger partial charge in [-0.25, -0.2) is 9.18 Å². The van der Waals surface area contributed by atoms with Crippen molar-refractivity contribution in [2.24, 2.45) is 0 Å². The molecule has 0 aliphatic heterocycles. The SMILES string of the molecule is C#CC(CO)NC(=O)NC1CC(c2ccc(F)cc2)C1. The molecule has 0 radical (unpaired) electrons. The Hall–Kier alpha value is -2.06. The van der Waals surface area contributed by atoms with E-state index < -0.39 is 6.04 Å². The van der Waals surface area contributed by atoms with E-state index in [0.717, 1.165) is 18.4 Å². The largest absolute Gasteiger partial charge is 0.393 e. The van der Waals surface area contributed by atoms with E-state index in [9.17, 15) is 9.18 Å². The number of urea groups is 1. The monoisotopic (exact) mass is 276 g/mol. The van der Waals surface area contributed by atoms with Crippen LogP contribution in [0.15, 0.2) is 24.3 Å². The number of halogens is 1. The molecule has 0 aromatic heterocycles. The minimum absolute atomic E-state index is 0.0853. The Morgan fingerprint density at radius 2 is 2.10 bits per heavy atom. The quantitative estimate of drug-likeness (QED) is 0.727. The summed E-state index contributed by atoms with van der Waals surface area (Å²) in [5, 5.41) is 14.2. The Morgan fingerprint density at radius 1 is 1.45 bits per heavy atom. The highest BCUT2D eigenvalue weighted by molar-refractivity contribution is 5.75. The molecule has 1 aliphatic rings. The summed E-state index contributed by atoms with van der Waals surface area (Å²) in [7, 11) is 0. The molecule has 1 aliphatic carbocycles. The first-order valence-corrected chi connectivity index (χ1v) is 6.52. The third kappa shape index (κ3) is 3.49. The first kappa shape index (κ1) is 14.4. The minimum Gasteiger partial charge on any atom is -0.393 e. The number of amides is 2. The predicted octanol–water partition coefficient (Wildman–Crippen LogP) is 1.36. The third-order valence-electron chi connectivity index (χ3n) is 3.50. The van der Waals surface area contributed by atoms with Gasteiger partial charge in [0.05, 0.1) is 6.61 Å². The minimum atomic E-state index is -0.664. The van der Waals surface area contributed by atoms with Crippen LogP contribution in [0.3, 0.4) is 0 Å². The molecular formula is C15H17FN2O2. The molecular weight excluding hydrogens is 259 g/mol. The number of carbonyl (C=O) groups excluding carboxylic acids is 1. The number of hydrogen-bond donors (Lipinski definition) is 3. The van der Waals surface area contributed by atoms with Crippen LogP contribution in [-0.4, -0.2) is 29.8 Å². The summed E-state index contributed by atoms with van der Waals surface area (Å²) in [5.41, 5.74) is 1.08. The van der Waals surface area contributed by atoms with Gasteiger partial charge in [-0.1, -0.05) is 18.1 Å². The van der Waals surface area contributed by atoms with E-state index in [1.54, 1.807) is 12.1 Å². The second-order valence-electron chi connectivity index (χ2n) is 4.94. The van der Waals surface area contributed by atoms with Crippen molar-refractivity contribution in [2.45, 2.75) is 30.8 Å². The van der Waals surface area contributed by atoms with Gasteiger partial charge in [0.25, 0.3) is 0 Å². The van der Waals surface area contributed by atoms with E-state index in [0.29, 0.717) is 5.92 Å². The number of aliphatic hydroxyl groups excluding tert-OH is 1. The van der Waals surface area contributed by atoms with E-state index in [4.69, 9.17) is 11.5 Å². The Balaban J connectivity index is 1.75. The molecule has 0 bridgehead atoms. The number of nitrogens with one attached hydrogen (secondary N) is 2. The molecule has 20 heavy (non-hydrogen) atoms. The average Bonchev–Trinajstić information content (AvgIpc) is 2.41. The normalized spacial score (nSPS) is 22.2. The molecule has 2 amide bonds. The Kier molecular flexibility index (Phi) is 4.59. The van der Waals surface area contributed by atoms with Crippen molar-refractivity contribution in [1.29, 1.82) is 0 Å². The highest BCUT2D eigenvalue weighted by Gasteiger charge is 2.31. The van der Waals surface area contributed by atoms with Gasteiger partial charge in [-0.15, -0.1) is 6.42 Å². The molecule has 1 aromatic carbocycles. The van der Waals surface area contributed by atoms with Gasteiger partial charge in [-0.05, 0) is 36.5 Å². The lowest BCUT2D eigenvalue weighted by molar-refractivity contribution is 0.212. The fraction of sp³-hybridized carbons (Fsp3) is 0.400. The van der Waals surface area contributed by atoms with Crippen LogP contribution < -0.4 is 10.6 Å². The molecule has 5 heteroatoms. The van der Waals surface area contributed by atoms with Crippen LogP contribution in [0.2, 0.25) is 0 Å². The number of aliphatic hydroxyl groups is 1. The van der Waals surface area contributed by atoms with Gasteiger partial charge in [0.15, 0.2) is 0 Å². The molecule has 0 heterocycles. The number of benzene rings is 1. The standard InChI is InChI=1S/C15H17FN2O2/c1-2-13(9-19)17-15(20)18-14-7-11(8-14)10-3-5-12(16)6-4-10/h1,3-6,11,13-14,19H,7-9H2,(H2,17,18,20). The lowest BCUT2D eigenvalue weighted by Crippen LogP contribution is -2.50. The number of rotatable bonds is 4. The zero-order valence-corrected chi connectivity index (χ0v) is 11.0. The van der Waals surface area contributed by atoms with Crippen LogP contribution in [0.5, 0.6) is 0 Å². The average molecular weight is 276 g/mol. The molecule has 1 unspecified atom stereocenters. The highest BCUT2D eigenvalue weighted by Crippen LogP contribution is 2.36. The maximum absolute atomic E-state index is 12.8. The first-order valence-electron chi connectivity index (χ1n) is 6.52. The lowest BCUT2D eigenvalue weighted by atomic mass is 9.76. The maximum atomic E-state index is 12.8. The smallest absolute Gasteiger partial charge is 0.316 e. The molecule has 106 valence electrons. The summed E-state index contributed by atoms with van der Waals surface area (Å²) in [6.07, 6.45) is 6.77. The van der Waals surface area contributed by atoms with Crippen LogP contribution in [0.25, 0.3) is 0 Å². The van der Waals surface area contributed by atoms with Gasteiger partial charge in [-0.3, -0.25) is 0 Å². The topological polar surface area (TPSA) is 61.4 Å². The second-order valence-corrected chi connectivity index (χ2v) is 4.94. The molecule has 0 saturated heterocycles. The number of terminal acetylenes is 1. The summed E-state index contributed by atoms with van der Waals surface area (Å²) in [5.74, 6) is 2.38. The van der Waals surface area contributed by atoms with E-state index in [1.807, 2.05) is 0 Å². The summed E-state index contributed by atoms with van der Waals surface area (Å²) in [6.45, 7) is -0.285. The molecule has 1 saturated carbocycles. The molecule has 1 atom stereocenters. The van der Waals surface area contributed by atoms with Crippen molar-refractivity contribution in [2.75, 3.05) is 6.61 Å². The van der Waals surface area contributed by atoms with Crippen LogP contribution in [0, 0.1) is 18.2 Å². The van der Waals surface area contributed by atoms with Gasteiger partial charge in [-0.2, -0.15) is 0 Å². The van der Waals surface area contributed by atoms with Crippen molar-refractivity contribution in [3.05, 3.63) is 35.6 Å². The second kappa shape index (κ2) is 6.40. The summed E-state index contributed by atoms with van der Waals surface area (Å²) >= 11 is 0. The van der Waals surface area contributed by atoms with Gasteiger partial charge < -0.3 is 15.7 Å². The Bertz CT molecular complexity index is 504. The van der Waals surface area contributed by atoms with Gasteiger partial charge in [0, 0.05) is 6.04 Å². The summed E-state index contributed by atoms with van der Waals surface area (Å²) in [4.78, 5) is 11.6. The van der Waals surface area contributed by atoms with Crippen LogP contribution in [0.1, 0.15) is 24.3 Å². The van der Waals surface area contributed by atoms with Crippen molar-refractivity contribution in [3.8, 4) is 12.3 Å². The van der Waals surface area contributed by atoms with Gasteiger partial charge in [0.1, 0.15) is 11.9 Å². The Morgan fingerprint density at radius 3 is 2.65 bits per heavy atom. The fourth-order valence-electron chi connectivity index (χ4n) is 2.27. The first-order chi connectivity index (χ1) is 9.62. The predicted molar refractivity (Wildman–Crippen MR) is 73.5 cm³/mol. The van der Waals surface area contributed by atoms with Crippen molar-refractivity contribution in [1.82, 2.24) is 10.6 Å². The summed E-state index contributed by atoms with van der Waals surface area (Å²) in [6, 6.07) is 5.49. The maximum Gasteiger partial charge on any atom is 0.316 e. The molecule has 0 spiro atoms. The summed E-state index contributed by atoms with van der Waals surface area (Å²) < 4.78 is 12.8. The zero-order chi connectivity index (χ0) is 14.5. The zero-order valence-electron chi connectivity index (χ0n) is 11.0. The van der Waals surface area contributed by atoms with Crippen molar-refractivity contribution in [3.63, 3.8) is 0 Å². The van der Waals surface area contributed by atoms with Crippen molar-refractivity contribution >= 4 is 6.03 Å². The van der Waals surface area contributed by atoms with Crippen LogP contribution in [-0.2, 0) is 0 Å². The van der Waals surface area contributed by atoms with E-state index in [-0.39, 0.29) is 24.5 Å². The lowest BCUT2D eigenvalue weighted by Gasteiger charge is -2.36. The van der Waals surface area contributed by atoms with E-state index in [1.165, 1.54) is 12.1 Å². The van der Waals surface area contributed by atoms with E-state index in [2.05, 4.69) is 16.6 Å².